The van der Waals surface area contributed by atoms with E-state index in [-0.39, 0.29) is 5.75 Å². The first-order chi connectivity index (χ1) is 17.0. The van der Waals surface area contributed by atoms with Crippen LogP contribution in [0.2, 0.25) is 0 Å². The zero-order chi connectivity index (χ0) is 24.4. The SMILES string of the molecule is Cc1cc(-c2cnc3c(NCC4CCSCC4)cc(Sc4cccc(O)c4)nn23)ccc1C(N)=O. The number of aromatic hydroxyl groups is 1. The number of nitrogens with zero attached hydrogens (tertiary/aromatic N) is 3. The molecular weight excluding hydrogens is 478 g/mol. The van der Waals surface area contributed by atoms with Gasteiger partial charge in [0, 0.05) is 22.6 Å². The van der Waals surface area contributed by atoms with Gasteiger partial charge in [0.1, 0.15) is 10.8 Å². The van der Waals surface area contributed by atoms with Crippen LogP contribution in [0, 0.1) is 12.8 Å². The van der Waals surface area contributed by atoms with Crippen LogP contribution < -0.4 is 11.1 Å². The van der Waals surface area contributed by atoms with Gasteiger partial charge in [-0.05, 0) is 79.2 Å². The number of nitrogens with two attached hydrogens (primary N) is 1. The van der Waals surface area contributed by atoms with Crippen LogP contribution in [-0.4, -0.2) is 43.7 Å². The lowest BCUT2D eigenvalue weighted by Crippen LogP contribution is -2.19. The molecule has 0 radical (unpaired) electrons. The Morgan fingerprint density at radius 1 is 1.23 bits per heavy atom. The van der Waals surface area contributed by atoms with Crippen LogP contribution in [0.15, 0.2) is 64.6 Å². The fourth-order valence-electron chi connectivity index (χ4n) is 4.29. The van der Waals surface area contributed by atoms with Crippen LogP contribution in [-0.2, 0) is 0 Å². The standard InChI is InChI=1S/C26H27N5O2S2/c1-16-11-18(5-6-21(16)25(27)33)23-15-29-26-22(28-14-17-7-9-34-10-8-17)13-24(30-31(23)26)35-20-4-2-3-19(32)12-20/h2-6,11-13,15,17,28,32H,7-10,14H2,1H3,(H2,27,33). The molecule has 1 fully saturated rings. The Labute approximate surface area is 212 Å². The minimum absolute atomic E-state index is 0.220. The van der Waals surface area contributed by atoms with Crippen LogP contribution in [0.25, 0.3) is 16.9 Å². The first-order valence-electron chi connectivity index (χ1n) is 11.6. The first-order valence-corrected chi connectivity index (χ1v) is 13.5. The molecule has 9 heteroatoms. The summed E-state index contributed by atoms with van der Waals surface area (Å²) in [6, 6.07) is 14.7. The molecule has 180 valence electrons. The maximum atomic E-state index is 11.7. The van der Waals surface area contributed by atoms with Gasteiger partial charge in [-0.1, -0.05) is 23.9 Å². The van der Waals surface area contributed by atoms with Crippen molar-refractivity contribution in [2.75, 3.05) is 23.4 Å². The van der Waals surface area contributed by atoms with Crippen LogP contribution in [0.3, 0.4) is 0 Å². The van der Waals surface area contributed by atoms with E-state index in [2.05, 4.69) is 5.32 Å². The Hall–Kier alpha value is -3.17. The molecule has 0 unspecified atom stereocenters. The zero-order valence-corrected chi connectivity index (χ0v) is 21.0. The fraction of sp³-hybridized carbons (Fsp3) is 0.269. The molecule has 1 saturated heterocycles. The van der Waals surface area contributed by atoms with Gasteiger partial charge in [-0.2, -0.15) is 16.9 Å². The number of hydrogen-bond acceptors (Lipinski definition) is 7. The van der Waals surface area contributed by atoms with Crippen LogP contribution in [0.5, 0.6) is 5.75 Å². The summed E-state index contributed by atoms with van der Waals surface area (Å²) in [5.74, 6) is 2.85. The number of nitrogens with one attached hydrogen (secondary N) is 1. The second kappa shape index (κ2) is 10.2. The van der Waals surface area contributed by atoms with E-state index in [1.54, 1.807) is 18.2 Å². The van der Waals surface area contributed by atoms with Crippen molar-refractivity contribution in [3.8, 4) is 17.0 Å². The number of aryl methyl sites for hydroxylation is 1. The molecule has 0 aliphatic carbocycles. The number of hydrogen-bond donors (Lipinski definition) is 3. The summed E-state index contributed by atoms with van der Waals surface area (Å²) >= 11 is 3.51. The monoisotopic (exact) mass is 505 g/mol. The number of amides is 1. The third-order valence-corrected chi connectivity index (χ3v) is 8.14. The molecule has 3 heterocycles. The molecule has 0 saturated carbocycles. The predicted octanol–water partition coefficient (Wildman–Crippen LogP) is 5.22. The van der Waals surface area contributed by atoms with Crippen molar-refractivity contribution in [2.45, 2.75) is 29.7 Å². The molecule has 4 N–H and O–H groups in total. The predicted molar refractivity (Wildman–Crippen MR) is 142 cm³/mol. The normalized spacial score (nSPS) is 14.3. The smallest absolute Gasteiger partial charge is 0.248 e. The third kappa shape index (κ3) is 5.26. The summed E-state index contributed by atoms with van der Waals surface area (Å²) in [4.78, 5) is 17.3. The fourth-order valence-corrected chi connectivity index (χ4v) is 6.37. The highest BCUT2D eigenvalue weighted by molar-refractivity contribution is 7.99. The van der Waals surface area contributed by atoms with Crippen molar-refractivity contribution in [1.29, 1.82) is 0 Å². The second-order valence-corrected chi connectivity index (χ2v) is 11.0. The molecule has 2 aromatic carbocycles. The third-order valence-electron chi connectivity index (χ3n) is 6.19. The van der Waals surface area contributed by atoms with Gasteiger partial charge in [-0.15, -0.1) is 0 Å². The van der Waals surface area contributed by atoms with Gasteiger partial charge in [0.2, 0.25) is 5.91 Å². The van der Waals surface area contributed by atoms with E-state index in [0.717, 1.165) is 44.6 Å². The Kier molecular flexibility index (Phi) is 6.88. The number of phenols is 1. The summed E-state index contributed by atoms with van der Waals surface area (Å²) in [5.41, 5.74) is 10.2. The summed E-state index contributed by atoms with van der Waals surface area (Å²) < 4.78 is 1.85. The molecule has 1 aliphatic heterocycles. The second-order valence-electron chi connectivity index (χ2n) is 8.71. The Morgan fingerprint density at radius 2 is 2.06 bits per heavy atom. The van der Waals surface area contributed by atoms with Crippen molar-refractivity contribution >= 4 is 40.8 Å². The lowest BCUT2D eigenvalue weighted by Gasteiger charge is -2.22. The van der Waals surface area contributed by atoms with Gasteiger partial charge in [0.25, 0.3) is 0 Å². The highest BCUT2D eigenvalue weighted by Gasteiger charge is 2.18. The number of benzene rings is 2. The molecule has 7 nitrogen and oxygen atoms in total. The minimum Gasteiger partial charge on any atom is -0.508 e. The van der Waals surface area contributed by atoms with Crippen LogP contribution in [0.1, 0.15) is 28.8 Å². The molecule has 1 amide bonds. The van der Waals surface area contributed by atoms with Crippen molar-refractivity contribution in [2.24, 2.45) is 11.7 Å². The van der Waals surface area contributed by atoms with Crippen molar-refractivity contribution in [3.63, 3.8) is 0 Å². The molecule has 2 aromatic heterocycles. The van der Waals surface area contributed by atoms with E-state index in [1.165, 1.54) is 36.1 Å². The molecule has 0 atom stereocenters. The van der Waals surface area contributed by atoms with Crippen molar-refractivity contribution in [3.05, 3.63) is 65.9 Å². The maximum absolute atomic E-state index is 11.7. The summed E-state index contributed by atoms with van der Waals surface area (Å²) in [6.45, 7) is 2.77. The number of carbonyl (C=O) groups excluding carboxylic acids is 1. The highest BCUT2D eigenvalue weighted by Crippen LogP contribution is 2.33. The number of primary amides is 1. The van der Waals surface area contributed by atoms with Gasteiger partial charge in [0.15, 0.2) is 5.65 Å². The summed E-state index contributed by atoms with van der Waals surface area (Å²) in [7, 11) is 0. The topological polar surface area (TPSA) is 106 Å². The average molecular weight is 506 g/mol. The van der Waals surface area contributed by atoms with Crippen molar-refractivity contribution < 1.29 is 9.90 Å². The van der Waals surface area contributed by atoms with E-state index < -0.39 is 5.91 Å². The van der Waals surface area contributed by atoms with Gasteiger partial charge < -0.3 is 16.2 Å². The zero-order valence-electron chi connectivity index (χ0n) is 19.4. The van der Waals surface area contributed by atoms with Gasteiger partial charge >= 0.3 is 0 Å². The Balaban J connectivity index is 1.54. The lowest BCUT2D eigenvalue weighted by molar-refractivity contribution is 0.0999. The molecule has 0 spiro atoms. The van der Waals surface area contributed by atoms with E-state index in [4.69, 9.17) is 15.8 Å². The maximum Gasteiger partial charge on any atom is 0.248 e. The largest absolute Gasteiger partial charge is 0.508 e. The number of aromatic nitrogens is 3. The number of thioether (sulfide) groups is 1. The number of rotatable bonds is 7. The quantitative estimate of drug-likeness (QED) is 0.316. The number of phenolic OH excluding ortho intramolecular Hbond substituents is 1. The summed E-state index contributed by atoms with van der Waals surface area (Å²) in [6.07, 6.45) is 4.25. The number of fused-ring (bicyclic) bond motifs is 1. The number of imidazole rings is 1. The minimum atomic E-state index is -0.442. The van der Waals surface area contributed by atoms with Gasteiger partial charge in [-0.25, -0.2) is 9.50 Å². The van der Waals surface area contributed by atoms with Gasteiger partial charge in [0.05, 0.1) is 17.6 Å². The lowest BCUT2D eigenvalue weighted by atomic mass is 10.0. The highest BCUT2D eigenvalue weighted by atomic mass is 32.2. The molecule has 35 heavy (non-hydrogen) atoms. The van der Waals surface area contributed by atoms with E-state index in [9.17, 15) is 9.90 Å². The van der Waals surface area contributed by atoms with E-state index >= 15 is 0 Å². The van der Waals surface area contributed by atoms with Crippen molar-refractivity contribution in [1.82, 2.24) is 14.6 Å². The average Bonchev–Trinajstić information content (AvgIpc) is 3.27. The number of anilines is 1. The first kappa shape index (κ1) is 23.6. The van der Waals surface area contributed by atoms with E-state index in [1.807, 2.05) is 59.7 Å². The molecular formula is C26H27N5O2S2. The van der Waals surface area contributed by atoms with E-state index in [0.29, 0.717) is 11.5 Å². The number of carbonyl (C=O) groups is 1. The Bertz CT molecular complexity index is 1380. The summed E-state index contributed by atoms with van der Waals surface area (Å²) in [5, 5.41) is 19.2. The van der Waals surface area contributed by atoms with Crippen LogP contribution >= 0.6 is 23.5 Å². The molecule has 5 rings (SSSR count). The van der Waals surface area contributed by atoms with Gasteiger partial charge in [-0.3, -0.25) is 4.79 Å². The molecule has 0 bridgehead atoms. The van der Waals surface area contributed by atoms with Crippen LogP contribution in [0.4, 0.5) is 5.69 Å². The Morgan fingerprint density at radius 3 is 2.80 bits per heavy atom. The molecule has 1 aliphatic rings. The molecule has 4 aromatic rings.